The number of aromatic nitrogens is 3. The Bertz CT molecular complexity index is 591. The highest BCUT2D eigenvalue weighted by Gasteiger charge is 2.18. The molecule has 3 rings (SSSR count). The van der Waals surface area contributed by atoms with E-state index in [1.807, 2.05) is 24.3 Å². The second kappa shape index (κ2) is 6.18. The van der Waals surface area contributed by atoms with Crippen LogP contribution in [0, 0.1) is 0 Å². The smallest absolute Gasteiger partial charge is 0.132 e. The summed E-state index contributed by atoms with van der Waals surface area (Å²) in [6.45, 7) is 4.00. The number of pyridine rings is 1. The highest BCUT2D eigenvalue weighted by Crippen LogP contribution is 2.23. The van der Waals surface area contributed by atoms with Crippen molar-refractivity contribution in [3.05, 3.63) is 36.3 Å². The highest BCUT2D eigenvalue weighted by molar-refractivity contribution is 5.59. The third-order valence-corrected chi connectivity index (χ3v) is 3.87. The maximum absolute atomic E-state index is 5.98. The van der Waals surface area contributed by atoms with Crippen LogP contribution >= 0.6 is 0 Å². The SMILES string of the molecule is CCc1nc(-c2ccccn2)cc(N2CCC(N)CC2)n1. The molecule has 0 aromatic carbocycles. The molecule has 2 N–H and O–H groups in total. The van der Waals surface area contributed by atoms with Gasteiger partial charge in [0, 0.05) is 37.8 Å². The normalized spacial score (nSPS) is 16.2. The molecule has 110 valence electrons. The number of piperidine rings is 1. The van der Waals surface area contributed by atoms with E-state index in [1.165, 1.54) is 0 Å². The molecular formula is C16H21N5. The van der Waals surface area contributed by atoms with Crippen LogP contribution in [0.1, 0.15) is 25.6 Å². The molecule has 0 radical (unpaired) electrons. The van der Waals surface area contributed by atoms with E-state index < -0.39 is 0 Å². The lowest BCUT2D eigenvalue weighted by Gasteiger charge is -2.31. The number of hydrogen-bond donors (Lipinski definition) is 1. The number of nitrogens with two attached hydrogens (primary N) is 1. The molecule has 0 bridgehead atoms. The number of anilines is 1. The van der Waals surface area contributed by atoms with Gasteiger partial charge in [-0.2, -0.15) is 0 Å². The van der Waals surface area contributed by atoms with Crippen molar-refractivity contribution in [3.63, 3.8) is 0 Å². The fraction of sp³-hybridized carbons (Fsp3) is 0.438. The average molecular weight is 283 g/mol. The van der Waals surface area contributed by atoms with Gasteiger partial charge in [0.05, 0.1) is 11.4 Å². The zero-order chi connectivity index (χ0) is 14.7. The molecule has 0 aliphatic carbocycles. The molecule has 2 aromatic heterocycles. The van der Waals surface area contributed by atoms with Crippen molar-refractivity contribution in [3.8, 4) is 11.4 Å². The van der Waals surface area contributed by atoms with Gasteiger partial charge in [-0.05, 0) is 25.0 Å². The standard InChI is InChI=1S/C16H21N5/c1-2-15-19-14(13-5-3-4-8-18-13)11-16(20-15)21-9-6-12(17)7-10-21/h3-5,8,11-12H,2,6-7,9-10,17H2,1H3. The topological polar surface area (TPSA) is 67.9 Å². The summed E-state index contributed by atoms with van der Waals surface area (Å²) in [5, 5.41) is 0. The van der Waals surface area contributed by atoms with Crippen LogP contribution in [0.3, 0.4) is 0 Å². The van der Waals surface area contributed by atoms with Crippen LogP contribution in [0.4, 0.5) is 5.82 Å². The van der Waals surface area contributed by atoms with Crippen molar-refractivity contribution in [2.45, 2.75) is 32.2 Å². The molecular weight excluding hydrogens is 262 g/mol. The van der Waals surface area contributed by atoms with Gasteiger partial charge < -0.3 is 10.6 Å². The number of nitrogens with zero attached hydrogens (tertiary/aromatic N) is 4. The summed E-state index contributed by atoms with van der Waals surface area (Å²) >= 11 is 0. The van der Waals surface area contributed by atoms with Gasteiger partial charge in [-0.25, -0.2) is 9.97 Å². The van der Waals surface area contributed by atoms with E-state index in [0.29, 0.717) is 6.04 Å². The van der Waals surface area contributed by atoms with Gasteiger partial charge in [-0.3, -0.25) is 4.98 Å². The minimum Gasteiger partial charge on any atom is -0.356 e. The maximum atomic E-state index is 5.98. The molecule has 1 saturated heterocycles. The van der Waals surface area contributed by atoms with Gasteiger partial charge in [0.25, 0.3) is 0 Å². The van der Waals surface area contributed by atoms with Crippen molar-refractivity contribution >= 4 is 5.82 Å². The molecule has 0 saturated carbocycles. The molecule has 1 aliphatic heterocycles. The zero-order valence-corrected chi connectivity index (χ0v) is 12.4. The highest BCUT2D eigenvalue weighted by atomic mass is 15.2. The first-order valence-corrected chi connectivity index (χ1v) is 7.56. The van der Waals surface area contributed by atoms with E-state index in [4.69, 9.17) is 5.73 Å². The zero-order valence-electron chi connectivity index (χ0n) is 12.4. The summed E-state index contributed by atoms with van der Waals surface area (Å²) in [4.78, 5) is 16.0. The summed E-state index contributed by atoms with van der Waals surface area (Å²) < 4.78 is 0. The second-order valence-electron chi connectivity index (χ2n) is 5.42. The Morgan fingerprint density at radius 1 is 1.19 bits per heavy atom. The van der Waals surface area contributed by atoms with Crippen LogP contribution in [-0.4, -0.2) is 34.1 Å². The average Bonchev–Trinajstić information content (AvgIpc) is 2.56. The lowest BCUT2D eigenvalue weighted by molar-refractivity contribution is 0.498. The Balaban J connectivity index is 1.94. The molecule has 0 atom stereocenters. The van der Waals surface area contributed by atoms with E-state index in [2.05, 4.69) is 26.8 Å². The summed E-state index contributed by atoms with van der Waals surface area (Å²) in [5.41, 5.74) is 7.77. The van der Waals surface area contributed by atoms with Crippen LogP contribution < -0.4 is 10.6 Å². The van der Waals surface area contributed by atoms with Gasteiger partial charge in [-0.1, -0.05) is 13.0 Å². The molecule has 0 spiro atoms. The molecule has 21 heavy (non-hydrogen) atoms. The molecule has 5 heteroatoms. The van der Waals surface area contributed by atoms with Crippen LogP contribution in [0.25, 0.3) is 11.4 Å². The Labute approximate surface area is 125 Å². The van der Waals surface area contributed by atoms with E-state index in [-0.39, 0.29) is 0 Å². The van der Waals surface area contributed by atoms with Crippen molar-refractivity contribution in [2.75, 3.05) is 18.0 Å². The minimum absolute atomic E-state index is 0.323. The van der Waals surface area contributed by atoms with Gasteiger partial charge in [-0.15, -0.1) is 0 Å². The van der Waals surface area contributed by atoms with E-state index in [9.17, 15) is 0 Å². The maximum Gasteiger partial charge on any atom is 0.132 e. The molecule has 1 aliphatic rings. The monoisotopic (exact) mass is 283 g/mol. The Morgan fingerprint density at radius 3 is 2.67 bits per heavy atom. The van der Waals surface area contributed by atoms with Crippen molar-refractivity contribution in [1.29, 1.82) is 0 Å². The van der Waals surface area contributed by atoms with Crippen LogP contribution in [0.5, 0.6) is 0 Å². The van der Waals surface area contributed by atoms with Crippen molar-refractivity contribution < 1.29 is 0 Å². The molecule has 0 unspecified atom stereocenters. The molecule has 1 fully saturated rings. The molecule has 2 aromatic rings. The first-order chi connectivity index (χ1) is 10.3. The van der Waals surface area contributed by atoms with E-state index in [0.717, 1.165) is 55.4 Å². The lowest BCUT2D eigenvalue weighted by Crippen LogP contribution is -2.40. The minimum atomic E-state index is 0.323. The third kappa shape index (κ3) is 3.19. The Kier molecular flexibility index (Phi) is 4.10. The van der Waals surface area contributed by atoms with Gasteiger partial charge in [0.2, 0.25) is 0 Å². The lowest BCUT2D eigenvalue weighted by atomic mass is 10.1. The van der Waals surface area contributed by atoms with E-state index >= 15 is 0 Å². The van der Waals surface area contributed by atoms with Gasteiger partial charge in [0.1, 0.15) is 11.6 Å². The summed E-state index contributed by atoms with van der Waals surface area (Å²) in [6.07, 6.45) is 4.65. The summed E-state index contributed by atoms with van der Waals surface area (Å²) in [5.74, 6) is 1.86. The predicted octanol–water partition coefficient (Wildman–Crippen LogP) is 2.03. The van der Waals surface area contributed by atoms with Crippen molar-refractivity contribution in [2.24, 2.45) is 5.73 Å². The largest absolute Gasteiger partial charge is 0.356 e. The van der Waals surface area contributed by atoms with Crippen LogP contribution in [-0.2, 0) is 6.42 Å². The first-order valence-electron chi connectivity index (χ1n) is 7.56. The third-order valence-electron chi connectivity index (χ3n) is 3.87. The summed E-state index contributed by atoms with van der Waals surface area (Å²) in [7, 11) is 0. The predicted molar refractivity (Wildman–Crippen MR) is 84.1 cm³/mol. The Hall–Kier alpha value is -2.01. The van der Waals surface area contributed by atoms with Crippen molar-refractivity contribution in [1.82, 2.24) is 15.0 Å². The first kappa shape index (κ1) is 13.9. The fourth-order valence-corrected chi connectivity index (χ4v) is 2.58. The van der Waals surface area contributed by atoms with Gasteiger partial charge in [0.15, 0.2) is 0 Å². The molecule has 0 amide bonds. The number of rotatable bonds is 3. The van der Waals surface area contributed by atoms with Crippen LogP contribution in [0.15, 0.2) is 30.5 Å². The Morgan fingerprint density at radius 2 is 2.00 bits per heavy atom. The number of hydrogen-bond acceptors (Lipinski definition) is 5. The molecule has 5 nitrogen and oxygen atoms in total. The van der Waals surface area contributed by atoms with Crippen LogP contribution in [0.2, 0.25) is 0 Å². The summed E-state index contributed by atoms with van der Waals surface area (Å²) in [6, 6.07) is 8.24. The number of aryl methyl sites for hydroxylation is 1. The second-order valence-corrected chi connectivity index (χ2v) is 5.42. The van der Waals surface area contributed by atoms with Gasteiger partial charge >= 0.3 is 0 Å². The quantitative estimate of drug-likeness (QED) is 0.933. The van der Waals surface area contributed by atoms with E-state index in [1.54, 1.807) is 6.20 Å². The molecule has 3 heterocycles. The fourth-order valence-electron chi connectivity index (χ4n) is 2.58.